The molecule has 1 saturated carbocycles. The van der Waals surface area contributed by atoms with Crippen molar-refractivity contribution in [2.75, 3.05) is 18.4 Å². The number of benzene rings is 1. The van der Waals surface area contributed by atoms with Crippen LogP contribution < -0.4 is 10.6 Å². The fourth-order valence-corrected chi connectivity index (χ4v) is 2.44. The molecule has 1 heterocycles. The van der Waals surface area contributed by atoms with Crippen LogP contribution in [0.15, 0.2) is 18.2 Å². The number of aryl methyl sites for hydroxylation is 1. The van der Waals surface area contributed by atoms with E-state index in [0.29, 0.717) is 0 Å². The van der Waals surface area contributed by atoms with E-state index in [9.17, 15) is 0 Å². The van der Waals surface area contributed by atoms with E-state index < -0.39 is 0 Å². The molecular formula is C14H20N2. The molecule has 1 fully saturated rings. The Kier molecular flexibility index (Phi) is 2.60. The first-order valence-corrected chi connectivity index (χ1v) is 6.38. The van der Waals surface area contributed by atoms with Crippen LogP contribution in [0.4, 0.5) is 5.69 Å². The van der Waals surface area contributed by atoms with Crippen molar-refractivity contribution in [3.8, 4) is 0 Å². The van der Waals surface area contributed by atoms with Gasteiger partial charge in [-0.25, -0.2) is 0 Å². The van der Waals surface area contributed by atoms with Crippen LogP contribution in [0.5, 0.6) is 0 Å². The third-order valence-corrected chi connectivity index (χ3v) is 3.63. The van der Waals surface area contributed by atoms with Gasteiger partial charge in [-0.05, 0) is 49.3 Å². The SMILES string of the molecule is Cc1ccc2c(c1)NCC(CNC1CC1)C2. The predicted molar refractivity (Wildman–Crippen MR) is 67.9 cm³/mol. The zero-order valence-corrected chi connectivity index (χ0v) is 9.92. The van der Waals surface area contributed by atoms with Crippen molar-refractivity contribution < 1.29 is 0 Å². The van der Waals surface area contributed by atoms with Gasteiger partial charge in [-0.15, -0.1) is 0 Å². The van der Waals surface area contributed by atoms with E-state index in [-0.39, 0.29) is 0 Å². The summed E-state index contributed by atoms with van der Waals surface area (Å²) >= 11 is 0. The van der Waals surface area contributed by atoms with Crippen molar-refractivity contribution in [3.05, 3.63) is 29.3 Å². The second-order valence-corrected chi connectivity index (χ2v) is 5.29. The van der Waals surface area contributed by atoms with Gasteiger partial charge in [0.25, 0.3) is 0 Å². The second-order valence-electron chi connectivity index (χ2n) is 5.29. The number of fused-ring (bicyclic) bond motifs is 1. The van der Waals surface area contributed by atoms with E-state index in [4.69, 9.17) is 0 Å². The first-order valence-electron chi connectivity index (χ1n) is 6.38. The lowest BCUT2D eigenvalue weighted by atomic mass is 9.93. The largest absolute Gasteiger partial charge is 0.384 e. The van der Waals surface area contributed by atoms with Gasteiger partial charge in [0.05, 0.1) is 0 Å². The Hall–Kier alpha value is -1.02. The maximum absolute atomic E-state index is 3.63. The number of nitrogens with one attached hydrogen (secondary N) is 2. The molecule has 1 aromatic carbocycles. The van der Waals surface area contributed by atoms with Crippen molar-refractivity contribution in [1.82, 2.24) is 5.32 Å². The van der Waals surface area contributed by atoms with Crippen LogP contribution >= 0.6 is 0 Å². The Morgan fingerprint density at radius 1 is 1.38 bits per heavy atom. The minimum absolute atomic E-state index is 0.760. The molecule has 1 unspecified atom stereocenters. The van der Waals surface area contributed by atoms with Crippen molar-refractivity contribution in [2.45, 2.75) is 32.2 Å². The van der Waals surface area contributed by atoms with Crippen molar-refractivity contribution >= 4 is 5.69 Å². The Morgan fingerprint density at radius 3 is 3.06 bits per heavy atom. The van der Waals surface area contributed by atoms with E-state index in [1.165, 1.54) is 42.6 Å². The summed E-state index contributed by atoms with van der Waals surface area (Å²) in [7, 11) is 0. The van der Waals surface area contributed by atoms with Crippen LogP contribution in [0.2, 0.25) is 0 Å². The molecule has 2 aliphatic rings. The highest BCUT2D eigenvalue weighted by atomic mass is 15.0. The third-order valence-electron chi connectivity index (χ3n) is 3.63. The van der Waals surface area contributed by atoms with Crippen molar-refractivity contribution in [3.63, 3.8) is 0 Å². The average molecular weight is 216 g/mol. The van der Waals surface area contributed by atoms with Gasteiger partial charge in [-0.3, -0.25) is 0 Å². The zero-order valence-electron chi connectivity index (χ0n) is 9.92. The molecule has 1 aliphatic carbocycles. The van der Waals surface area contributed by atoms with Crippen LogP contribution in [-0.2, 0) is 6.42 Å². The summed E-state index contributed by atoms with van der Waals surface area (Å²) in [4.78, 5) is 0. The summed E-state index contributed by atoms with van der Waals surface area (Å²) in [6.45, 7) is 4.45. The van der Waals surface area contributed by atoms with E-state index in [1.807, 2.05) is 0 Å². The molecule has 2 N–H and O–H groups in total. The van der Waals surface area contributed by atoms with E-state index in [0.717, 1.165) is 18.5 Å². The normalized spacial score (nSPS) is 23.7. The van der Waals surface area contributed by atoms with Crippen LogP contribution in [0.3, 0.4) is 0 Å². The first-order chi connectivity index (χ1) is 7.81. The van der Waals surface area contributed by atoms with E-state index in [2.05, 4.69) is 35.8 Å². The van der Waals surface area contributed by atoms with Gasteiger partial charge in [0.15, 0.2) is 0 Å². The molecule has 86 valence electrons. The average Bonchev–Trinajstić information content (AvgIpc) is 3.10. The Bertz CT molecular complexity index is 382. The van der Waals surface area contributed by atoms with Gasteiger partial charge in [-0.1, -0.05) is 12.1 Å². The van der Waals surface area contributed by atoms with Crippen molar-refractivity contribution in [1.29, 1.82) is 0 Å². The van der Waals surface area contributed by atoms with Gasteiger partial charge < -0.3 is 10.6 Å². The highest BCUT2D eigenvalue weighted by Crippen LogP contribution is 2.26. The van der Waals surface area contributed by atoms with Gasteiger partial charge in [-0.2, -0.15) is 0 Å². The van der Waals surface area contributed by atoms with Gasteiger partial charge in [0, 0.05) is 24.8 Å². The molecule has 3 rings (SSSR count). The summed E-state index contributed by atoms with van der Waals surface area (Å²) < 4.78 is 0. The van der Waals surface area contributed by atoms with E-state index in [1.54, 1.807) is 0 Å². The zero-order chi connectivity index (χ0) is 11.0. The van der Waals surface area contributed by atoms with Gasteiger partial charge in [0.1, 0.15) is 0 Å². The topological polar surface area (TPSA) is 24.1 Å². The molecular weight excluding hydrogens is 196 g/mol. The molecule has 0 spiro atoms. The lowest BCUT2D eigenvalue weighted by Crippen LogP contribution is -2.33. The highest BCUT2D eigenvalue weighted by Gasteiger charge is 2.23. The minimum atomic E-state index is 0.760. The molecule has 0 saturated heterocycles. The molecule has 0 bridgehead atoms. The summed E-state index contributed by atoms with van der Waals surface area (Å²) in [5.41, 5.74) is 4.18. The number of hydrogen-bond acceptors (Lipinski definition) is 2. The molecule has 1 aromatic rings. The number of anilines is 1. The maximum Gasteiger partial charge on any atom is 0.0375 e. The summed E-state index contributed by atoms with van der Waals surface area (Å²) in [5.74, 6) is 0.760. The summed E-state index contributed by atoms with van der Waals surface area (Å²) in [6, 6.07) is 7.59. The third kappa shape index (κ3) is 2.22. The number of rotatable bonds is 3. The summed E-state index contributed by atoms with van der Waals surface area (Å²) in [5, 5.41) is 7.19. The fraction of sp³-hybridized carbons (Fsp3) is 0.571. The minimum Gasteiger partial charge on any atom is -0.384 e. The Labute approximate surface area is 97.4 Å². The van der Waals surface area contributed by atoms with E-state index >= 15 is 0 Å². The highest BCUT2D eigenvalue weighted by molar-refractivity contribution is 5.55. The maximum atomic E-state index is 3.63. The van der Waals surface area contributed by atoms with Crippen molar-refractivity contribution in [2.24, 2.45) is 5.92 Å². The van der Waals surface area contributed by atoms with Gasteiger partial charge in [0.2, 0.25) is 0 Å². The van der Waals surface area contributed by atoms with Crippen LogP contribution in [-0.4, -0.2) is 19.1 Å². The monoisotopic (exact) mass is 216 g/mol. The van der Waals surface area contributed by atoms with Gasteiger partial charge >= 0.3 is 0 Å². The molecule has 1 atom stereocenters. The molecule has 2 heteroatoms. The quantitative estimate of drug-likeness (QED) is 0.810. The van der Waals surface area contributed by atoms with Crippen LogP contribution in [0.25, 0.3) is 0 Å². The molecule has 2 nitrogen and oxygen atoms in total. The standard InChI is InChI=1S/C14H20N2/c1-10-2-3-12-7-11(8-15-13-4-5-13)9-16-14(12)6-10/h2-3,6,11,13,15-16H,4-5,7-9H2,1H3. The second kappa shape index (κ2) is 4.10. The van der Waals surface area contributed by atoms with Crippen LogP contribution in [0, 0.1) is 12.8 Å². The fourth-order valence-electron chi connectivity index (χ4n) is 2.44. The Morgan fingerprint density at radius 2 is 2.25 bits per heavy atom. The molecule has 16 heavy (non-hydrogen) atoms. The first kappa shape index (κ1) is 10.2. The van der Waals surface area contributed by atoms with Crippen LogP contribution in [0.1, 0.15) is 24.0 Å². The molecule has 0 aromatic heterocycles. The number of hydrogen-bond donors (Lipinski definition) is 2. The molecule has 0 radical (unpaired) electrons. The smallest absolute Gasteiger partial charge is 0.0375 e. The Balaban J connectivity index is 1.63. The lowest BCUT2D eigenvalue weighted by molar-refractivity contribution is 0.482. The predicted octanol–water partition coefficient (Wildman–Crippen LogP) is 2.33. The molecule has 1 aliphatic heterocycles. The molecule has 0 amide bonds. The summed E-state index contributed by atoms with van der Waals surface area (Å²) in [6.07, 6.45) is 3.99. The lowest BCUT2D eigenvalue weighted by Gasteiger charge is -2.26.